The van der Waals surface area contributed by atoms with Gasteiger partial charge in [0.05, 0.1) is 23.7 Å². The molecular formula is C33H25ClN4O6S. The molecule has 0 spiro atoms. The van der Waals surface area contributed by atoms with Crippen LogP contribution in [0.3, 0.4) is 0 Å². The van der Waals surface area contributed by atoms with Crippen LogP contribution in [0.15, 0.2) is 113 Å². The maximum atomic E-state index is 13.9. The molecule has 0 bridgehead atoms. The van der Waals surface area contributed by atoms with Crippen LogP contribution in [-0.4, -0.2) is 36.3 Å². The lowest BCUT2D eigenvalue weighted by Gasteiger charge is -2.12. The summed E-state index contributed by atoms with van der Waals surface area (Å²) in [4.78, 5) is 41.2. The van der Waals surface area contributed by atoms with E-state index in [1.807, 2.05) is 6.07 Å². The van der Waals surface area contributed by atoms with Gasteiger partial charge in [-0.2, -0.15) is 9.78 Å². The molecular weight excluding hydrogens is 616 g/mol. The number of aliphatic hydroxyl groups excluding tert-OH is 1. The van der Waals surface area contributed by atoms with Crippen molar-refractivity contribution in [3.8, 4) is 17.0 Å². The fourth-order valence-electron chi connectivity index (χ4n) is 4.78. The maximum absolute atomic E-state index is 13.9. The monoisotopic (exact) mass is 640 g/mol. The highest BCUT2D eigenvalue weighted by molar-refractivity contribution is 7.16. The third-order valence-electron chi connectivity index (χ3n) is 7.04. The molecule has 0 fully saturated rings. The van der Waals surface area contributed by atoms with Crippen LogP contribution in [0.25, 0.3) is 11.3 Å². The number of furan rings is 1. The van der Waals surface area contributed by atoms with Crippen molar-refractivity contribution in [3.63, 3.8) is 0 Å². The Hall–Kier alpha value is -5.23. The Bertz CT molecular complexity index is 2050. The smallest absolute Gasteiger partial charge is 0.280 e. The Balaban J connectivity index is 1.37. The Labute approximate surface area is 265 Å². The number of thiophene rings is 1. The quantitative estimate of drug-likeness (QED) is 0.155. The van der Waals surface area contributed by atoms with Crippen LogP contribution in [0.1, 0.15) is 43.0 Å². The summed E-state index contributed by atoms with van der Waals surface area (Å²) in [5.41, 5.74) is 0.115. The van der Waals surface area contributed by atoms with Gasteiger partial charge in [0, 0.05) is 28.3 Å². The molecule has 4 aromatic heterocycles. The van der Waals surface area contributed by atoms with Gasteiger partial charge in [0.25, 0.3) is 11.5 Å². The summed E-state index contributed by atoms with van der Waals surface area (Å²) in [5, 5.41) is 29.2. The molecule has 1 atom stereocenters. The number of ketones is 1. The minimum absolute atomic E-state index is 0.0572. The standard InChI is InChI=1S/C33H25ClN4O6S/c34-27-12-11-24(45-27)18-35-28-17-25(29-26(39)13-14-37(33(29)43)19-23-10-5-15-44-23)36-38(28)32(42)22-9-4-8-21(16-22)31(41)30(40)20-6-2-1-3-7-20/h1-17,31,35,39,41H,18-19H2. The van der Waals surface area contributed by atoms with Crippen molar-refractivity contribution < 1.29 is 24.2 Å². The molecule has 10 nitrogen and oxygen atoms in total. The molecule has 0 aliphatic heterocycles. The fourth-order valence-corrected chi connectivity index (χ4v) is 5.81. The van der Waals surface area contributed by atoms with Crippen molar-refractivity contribution in [2.24, 2.45) is 0 Å². The highest BCUT2D eigenvalue weighted by atomic mass is 35.5. The first-order chi connectivity index (χ1) is 21.8. The normalized spacial score (nSPS) is 11.8. The molecule has 0 saturated carbocycles. The lowest BCUT2D eigenvalue weighted by Crippen LogP contribution is -2.22. The zero-order valence-corrected chi connectivity index (χ0v) is 25.0. The van der Waals surface area contributed by atoms with Crippen molar-refractivity contribution in [2.75, 3.05) is 5.32 Å². The molecule has 0 aliphatic rings. The average Bonchev–Trinajstić information content (AvgIpc) is 3.83. The van der Waals surface area contributed by atoms with Crippen LogP contribution in [0.2, 0.25) is 4.34 Å². The topological polar surface area (TPSA) is 140 Å². The van der Waals surface area contributed by atoms with Gasteiger partial charge in [-0.3, -0.25) is 14.4 Å². The second-order valence-corrected chi connectivity index (χ2v) is 11.8. The summed E-state index contributed by atoms with van der Waals surface area (Å²) in [5.74, 6) is -0.636. The van der Waals surface area contributed by atoms with Crippen LogP contribution >= 0.6 is 22.9 Å². The second-order valence-electron chi connectivity index (χ2n) is 10.0. The first kappa shape index (κ1) is 29.8. The van der Waals surface area contributed by atoms with E-state index in [1.54, 1.807) is 60.7 Å². The SMILES string of the molecule is O=C(c1ccccc1)C(O)c1cccc(C(=O)n2nc(-c3c(O)ccn(Cc4ccco4)c3=O)cc2NCc2ccc(Cl)s2)c1. The number of nitrogens with zero attached hydrogens (tertiary/aromatic N) is 3. The molecule has 6 aromatic rings. The van der Waals surface area contributed by atoms with Gasteiger partial charge in [-0.15, -0.1) is 11.3 Å². The van der Waals surface area contributed by atoms with E-state index >= 15 is 0 Å². The van der Waals surface area contributed by atoms with E-state index in [-0.39, 0.29) is 40.5 Å². The number of carbonyl (C=O) groups is 2. The number of halogens is 1. The van der Waals surface area contributed by atoms with Gasteiger partial charge >= 0.3 is 0 Å². The van der Waals surface area contributed by atoms with E-state index in [0.29, 0.717) is 22.2 Å². The third-order valence-corrected chi connectivity index (χ3v) is 8.27. The summed E-state index contributed by atoms with van der Waals surface area (Å²) in [6.07, 6.45) is 1.45. The van der Waals surface area contributed by atoms with Crippen molar-refractivity contribution in [1.29, 1.82) is 0 Å². The second kappa shape index (κ2) is 12.8. The Morgan fingerprint density at radius 3 is 2.51 bits per heavy atom. The van der Waals surface area contributed by atoms with Gasteiger partial charge in [0.2, 0.25) is 0 Å². The van der Waals surface area contributed by atoms with Gasteiger partial charge in [0.1, 0.15) is 34.7 Å². The molecule has 226 valence electrons. The van der Waals surface area contributed by atoms with E-state index in [4.69, 9.17) is 16.0 Å². The zero-order valence-electron chi connectivity index (χ0n) is 23.5. The highest BCUT2D eigenvalue weighted by Gasteiger charge is 2.24. The Kier molecular flexibility index (Phi) is 8.47. The maximum Gasteiger partial charge on any atom is 0.280 e. The fraction of sp³-hybridized carbons (Fsp3) is 0.0909. The van der Waals surface area contributed by atoms with Crippen LogP contribution in [0, 0.1) is 0 Å². The lowest BCUT2D eigenvalue weighted by molar-refractivity contribution is 0.0746. The number of aliphatic hydroxyl groups is 1. The van der Waals surface area contributed by atoms with Crippen LogP contribution in [0.4, 0.5) is 5.82 Å². The summed E-state index contributed by atoms with van der Waals surface area (Å²) < 4.78 is 8.42. The molecule has 0 saturated heterocycles. The summed E-state index contributed by atoms with van der Waals surface area (Å²) in [7, 11) is 0. The van der Waals surface area contributed by atoms with Crippen molar-refractivity contribution in [1.82, 2.24) is 14.3 Å². The number of Topliss-reactive ketones (excluding diaryl/α,β-unsaturated/α-hetero) is 1. The molecule has 6 rings (SSSR count). The number of anilines is 1. The number of hydrogen-bond donors (Lipinski definition) is 3. The minimum atomic E-state index is -1.50. The molecule has 1 unspecified atom stereocenters. The Morgan fingerprint density at radius 2 is 1.78 bits per heavy atom. The number of aromatic nitrogens is 3. The van der Waals surface area contributed by atoms with E-state index in [2.05, 4.69) is 10.4 Å². The zero-order chi connectivity index (χ0) is 31.5. The minimum Gasteiger partial charge on any atom is -0.507 e. The highest BCUT2D eigenvalue weighted by Crippen LogP contribution is 2.29. The van der Waals surface area contributed by atoms with Gasteiger partial charge < -0.3 is 24.5 Å². The molecule has 0 radical (unpaired) electrons. The van der Waals surface area contributed by atoms with Crippen molar-refractivity contribution >= 4 is 40.4 Å². The van der Waals surface area contributed by atoms with E-state index in [9.17, 15) is 24.6 Å². The summed E-state index contributed by atoms with van der Waals surface area (Å²) in [6, 6.07) is 24.3. The first-order valence-electron chi connectivity index (χ1n) is 13.7. The van der Waals surface area contributed by atoms with Gasteiger partial charge in [-0.1, -0.05) is 54.1 Å². The summed E-state index contributed by atoms with van der Waals surface area (Å²) in [6.45, 7) is 0.420. The first-order valence-corrected chi connectivity index (χ1v) is 14.9. The van der Waals surface area contributed by atoms with Gasteiger partial charge in [-0.05, 0) is 48.0 Å². The van der Waals surface area contributed by atoms with Gasteiger partial charge in [-0.25, -0.2) is 0 Å². The van der Waals surface area contributed by atoms with Crippen molar-refractivity contribution in [3.05, 3.63) is 145 Å². The lowest BCUT2D eigenvalue weighted by atomic mass is 9.98. The number of pyridine rings is 1. The average molecular weight is 641 g/mol. The molecule has 0 amide bonds. The molecule has 3 N–H and O–H groups in total. The van der Waals surface area contributed by atoms with E-state index in [1.165, 1.54) is 52.6 Å². The van der Waals surface area contributed by atoms with Crippen LogP contribution < -0.4 is 10.9 Å². The number of carbonyl (C=O) groups excluding carboxylic acids is 2. The number of aromatic hydroxyl groups is 1. The predicted octanol–water partition coefficient (Wildman–Crippen LogP) is 5.99. The van der Waals surface area contributed by atoms with Gasteiger partial charge in [0.15, 0.2) is 5.78 Å². The molecule has 12 heteroatoms. The molecule has 4 heterocycles. The number of benzene rings is 2. The number of hydrogen-bond acceptors (Lipinski definition) is 9. The van der Waals surface area contributed by atoms with E-state index < -0.39 is 23.4 Å². The molecule has 0 aliphatic carbocycles. The number of nitrogens with one attached hydrogen (secondary N) is 1. The summed E-state index contributed by atoms with van der Waals surface area (Å²) >= 11 is 7.45. The van der Waals surface area contributed by atoms with Crippen LogP contribution in [-0.2, 0) is 13.1 Å². The van der Waals surface area contributed by atoms with E-state index in [0.717, 1.165) is 9.56 Å². The third kappa shape index (κ3) is 6.36. The largest absolute Gasteiger partial charge is 0.507 e. The predicted molar refractivity (Wildman–Crippen MR) is 170 cm³/mol. The van der Waals surface area contributed by atoms with Crippen LogP contribution in [0.5, 0.6) is 5.75 Å². The molecule has 45 heavy (non-hydrogen) atoms. The van der Waals surface area contributed by atoms with Crippen molar-refractivity contribution in [2.45, 2.75) is 19.2 Å². The Morgan fingerprint density at radius 1 is 0.978 bits per heavy atom. The number of rotatable bonds is 10. The molecule has 2 aromatic carbocycles.